The average molecular weight is 246 g/mol. The number of aromatic nitrogens is 2. The molecule has 0 aliphatic rings. The van der Waals surface area contributed by atoms with Crippen LogP contribution >= 0.6 is 0 Å². The Bertz CT molecular complexity index is 757. The summed E-state index contributed by atoms with van der Waals surface area (Å²) in [5, 5.41) is 13.0. The number of hydrogen-bond donors (Lipinski definition) is 1. The first kappa shape index (κ1) is 11.2. The van der Waals surface area contributed by atoms with Crippen molar-refractivity contribution in [3.8, 4) is 6.07 Å². The number of anilines is 2. The van der Waals surface area contributed by atoms with Crippen molar-refractivity contribution < 1.29 is 0 Å². The van der Waals surface area contributed by atoms with Crippen LogP contribution in [0, 0.1) is 11.3 Å². The summed E-state index contributed by atoms with van der Waals surface area (Å²) >= 11 is 0. The molecule has 0 atom stereocenters. The van der Waals surface area contributed by atoms with Gasteiger partial charge in [0.1, 0.15) is 11.9 Å². The fraction of sp³-hybridized carbons (Fsp3) is 0. The maximum absolute atomic E-state index is 8.72. The third kappa shape index (κ3) is 2.35. The van der Waals surface area contributed by atoms with E-state index >= 15 is 0 Å². The van der Waals surface area contributed by atoms with Crippen molar-refractivity contribution in [2.24, 2.45) is 0 Å². The molecule has 0 fully saturated rings. The van der Waals surface area contributed by atoms with E-state index in [1.54, 1.807) is 18.3 Å². The summed E-state index contributed by atoms with van der Waals surface area (Å²) in [6.07, 6.45) is 3.30. The second-order valence-corrected chi connectivity index (χ2v) is 4.09. The predicted octanol–water partition coefficient (Wildman–Crippen LogP) is 3.25. The van der Waals surface area contributed by atoms with E-state index in [4.69, 9.17) is 5.26 Å². The van der Waals surface area contributed by atoms with E-state index in [1.807, 2.05) is 36.4 Å². The highest BCUT2D eigenvalue weighted by atomic mass is 15.0. The van der Waals surface area contributed by atoms with Crippen molar-refractivity contribution in [2.75, 3.05) is 5.32 Å². The second-order valence-electron chi connectivity index (χ2n) is 4.09. The van der Waals surface area contributed by atoms with Crippen LogP contribution in [-0.4, -0.2) is 9.97 Å². The van der Waals surface area contributed by atoms with Gasteiger partial charge in [0, 0.05) is 11.6 Å². The highest BCUT2D eigenvalue weighted by Crippen LogP contribution is 2.19. The topological polar surface area (TPSA) is 61.6 Å². The number of fused-ring (bicyclic) bond motifs is 1. The molecule has 3 rings (SSSR count). The smallest absolute Gasteiger partial charge is 0.130 e. The number of nitrogens with zero attached hydrogens (tertiary/aromatic N) is 3. The van der Waals surface area contributed by atoms with Crippen molar-refractivity contribution >= 4 is 22.4 Å². The highest BCUT2D eigenvalue weighted by molar-refractivity contribution is 5.82. The summed E-state index contributed by atoms with van der Waals surface area (Å²) in [5.41, 5.74) is 2.37. The van der Waals surface area contributed by atoms with Gasteiger partial charge in [-0.15, -0.1) is 0 Å². The van der Waals surface area contributed by atoms with Gasteiger partial charge in [0.25, 0.3) is 0 Å². The minimum absolute atomic E-state index is 0.544. The van der Waals surface area contributed by atoms with Crippen LogP contribution in [0.5, 0.6) is 0 Å². The molecule has 0 aliphatic carbocycles. The Labute approximate surface area is 110 Å². The zero-order valence-corrected chi connectivity index (χ0v) is 10.0. The molecular formula is C15H10N4. The van der Waals surface area contributed by atoms with Gasteiger partial charge >= 0.3 is 0 Å². The summed E-state index contributed by atoms with van der Waals surface area (Å²) in [5.74, 6) is 0.691. The van der Waals surface area contributed by atoms with Crippen molar-refractivity contribution in [1.82, 2.24) is 9.97 Å². The summed E-state index contributed by atoms with van der Waals surface area (Å²) in [6, 6.07) is 15.5. The molecule has 2 heterocycles. The zero-order chi connectivity index (χ0) is 13.1. The van der Waals surface area contributed by atoms with Gasteiger partial charge in [0.05, 0.1) is 23.0 Å². The Morgan fingerprint density at radius 3 is 2.68 bits per heavy atom. The van der Waals surface area contributed by atoms with Gasteiger partial charge < -0.3 is 5.32 Å². The molecule has 0 radical (unpaired) electrons. The van der Waals surface area contributed by atoms with Crippen molar-refractivity contribution in [2.45, 2.75) is 0 Å². The van der Waals surface area contributed by atoms with Crippen LogP contribution in [0.3, 0.4) is 0 Å². The summed E-state index contributed by atoms with van der Waals surface area (Å²) in [4.78, 5) is 8.53. The zero-order valence-electron chi connectivity index (χ0n) is 10.0. The summed E-state index contributed by atoms with van der Waals surface area (Å²) in [7, 11) is 0. The fourth-order valence-corrected chi connectivity index (χ4v) is 1.82. The molecular weight excluding hydrogens is 236 g/mol. The number of nitrogens with one attached hydrogen (secondary N) is 1. The number of hydrogen-bond acceptors (Lipinski definition) is 4. The van der Waals surface area contributed by atoms with Gasteiger partial charge in [-0.3, -0.25) is 4.98 Å². The van der Waals surface area contributed by atoms with Crippen molar-refractivity contribution in [3.05, 3.63) is 60.4 Å². The van der Waals surface area contributed by atoms with E-state index < -0.39 is 0 Å². The lowest BCUT2D eigenvalue weighted by Gasteiger charge is -2.06. The largest absolute Gasteiger partial charge is 0.339 e. The van der Waals surface area contributed by atoms with Crippen LogP contribution < -0.4 is 5.32 Å². The SMILES string of the molecule is N#Cc1ccc(Nc2cnc3ccccc3c2)nc1. The average Bonchev–Trinajstić information content (AvgIpc) is 2.48. The van der Waals surface area contributed by atoms with Gasteiger partial charge in [-0.2, -0.15) is 5.26 Å². The molecule has 4 heteroatoms. The first-order valence-electron chi connectivity index (χ1n) is 5.83. The Balaban J connectivity index is 1.90. The molecule has 4 nitrogen and oxygen atoms in total. The Morgan fingerprint density at radius 1 is 1.00 bits per heavy atom. The summed E-state index contributed by atoms with van der Waals surface area (Å²) in [6.45, 7) is 0. The molecule has 0 aliphatic heterocycles. The molecule has 0 spiro atoms. The van der Waals surface area contributed by atoms with Gasteiger partial charge in [0.15, 0.2) is 0 Å². The minimum Gasteiger partial charge on any atom is -0.339 e. The molecule has 0 saturated heterocycles. The number of para-hydroxylation sites is 1. The lowest BCUT2D eigenvalue weighted by Crippen LogP contribution is -1.94. The maximum atomic E-state index is 8.72. The Hall–Kier alpha value is -2.93. The normalized spacial score (nSPS) is 10.1. The Kier molecular flexibility index (Phi) is 2.79. The van der Waals surface area contributed by atoms with E-state index in [0.29, 0.717) is 11.4 Å². The number of rotatable bonds is 2. The van der Waals surface area contributed by atoms with Gasteiger partial charge in [-0.05, 0) is 24.3 Å². The molecule has 2 aromatic heterocycles. The molecule has 1 aromatic carbocycles. The molecule has 3 aromatic rings. The standard InChI is InChI=1S/C15H10N4/c16-8-11-5-6-15(18-9-11)19-13-7-12-3-1-2-4-14(12)17-10-13/h1-7,9-10H,(H,18,19). The minimum atomic E-state index is 0.544. The van der Waals surface area contributed by atoms with Crippen LogP contribution in [-0.2, 0) is 0 Å². The van der Waals surface area contributed by atoms with E-state index in [2.05, 4.69) is 15.3 Å². The third-order valence-electron chi connectivity index (χ3n) is 2.76. The predicted molar refractivity (Wildman–Crippen MR) is 74.0 cm³/mol. The molecule has 0 unspecified atom stereocenters. The molecule has 0 saturated carbocycles. The lowest BCUT2D eigenvalue weighted by molar-refractivity contribution is 1.28. The van der Waals surface area contributed by atoms with Gasteiger partial charge in [-0.1, -0.05) is 18.2 Å². The van der Waals surface area contributed by atoms with Crippen LogP contribution in [0.2, 0.25) is 0 Å². The number of nitriles is 1. The van der Waals surface area contributed by atoms with E-state index in [-0.39, 0.29) is 0 Å². The Morgan fingerprint density at radius 2 is 1.89 bits per heavy atom. The molecule has 0 amide bonds. The molecule has 1 N–H and O–H groups in total. The van der Waals surface area contributed by atoms with Crippen LogP contribution in [0.25, 0.3) is 10.9 Å². The maximum Gasteiger partial charge on any atom is 0.130 e. The van der Waals surface area contributed by atoms with E-state index in [1.165, 1.54) is 6.20 Å². The fourth-order valence-electron chi connectivity index (χ4n) is 1.82. The first-order valence-corrected chi connectivity index (χ1v) is 5.83. The second kappa shape index (κ2) is 4.75. The van der Waals surface area contributed by atoms with Crippen molar-refractivity contribution in [3.63, 3.8) is 0 Å². The lowest BCUT2D eigenvalue weighted by atomic mass is 10.2. The quantitative estimate of drug-likeness (QED) is 0.754. The molecule has 90 valence electrons. The van der Waals surface area contributed by atoms with Crippen LogP contribution in [0.1, 0.15) is 5.56 Å². The van der Waals surface area contributed by atoms with Crippen molar-refractivity contribution in [1.29, 1.82) is 5.26 Å². The number of benzene rings is 1. The monoisotopic (exact) mass is 246 g/mol. The number of pyridine rings is 2. The highest BCUT2D eigenvalue weighted by Gasteiger charge is 1.99. The summed E-state index contributed by atoms with van der Waals surface area (Å²) < 4.78 is 0. The van der Waals surface area contributed by atoms with Crippen LogP contribution in [0.15, 0.2) is 54.9 Å². The van der Waals surface area contributed by atoms with E-state index in [0.717, 1.165) is 16.6 Å². The first-order chi connectivity index (χ1) is 9.35. The van der Waals surface area contributed by atoms with Gasteiger partial charge in [-0.25, -0.2) is 4.98 Å². The molecule has 19 heavy (non-hydrogen) atoms. The van der Waals surface area contributed by atoms with E-state index in [9.17, 15) is 0 Å². The third-order valence-corrected chi connectivity index (χ3v) is 2.76. The van der Waals surface area contributed by atoms with Crippen LogP contribution in [0.4, 0.5) is 11.5 Å². The van der Waals surface area contributed by atoms with Gasteiger partial charge in [0.2, 0.25) is 0 Å². The molecule has 0 bridgehead atoms.